The maximum absolute atomic E-state index is 12.2. The number of benzene rings is 1. The van der Waals surface area contributed by atoms with Gasteiger partial charge in [0, 0.05) is 6.42 Å². The molecule has 21 heavy (non-hydrogen) atoms. The van der Waals surface area contributed by atoms with Gasteiger partial charge < -0.3 is 5.11 Å². The molecule has 0 saturated carbocycles. The summed E-state index contributed by atoms with van der Waals surface area (Å²) in [5.74, 6) is 5.57. The minimum Gasteiger partial charge on any atom is -0.395 e. The van der Waals surface area contributed by atoms with Crippen molar-refractivity contribution in [1.29, 1.82) is 0 Å². The molecule has 2 N–H and O–H groups in total. The molecule has 7 heteroatoms. The third kappa shape index (κ3) is 4.29. The molecule has 2 aromatic rings. The number of rotatable bonds is 4. The van der Waals surface area contributed by atoms with E-state index in [4.69, 9.17) is 5.11 Å². The number of aliphatic hydroxyl groups excluding tert-OH is 1. The number of hydrogen-bond donors (Lipinski definition) is 2. The van der Waals surface area contributed by atoms with Gasteiger partial charge in [-0.05, 0) is 24.6 Å². The normalized spacial score (nSPS) is 10.8. The Kier molecular flexibility index (Phi) is 4.96. The first-order valence-corrected chi connectivity index (χ1v) is 8.46. The Morgan fingerprint density at radius 1 is 1.43 bits per heavy atom. The van der Waals surface area contributed by atoms with Gasteiger partial charge in [-0.25, -0.2) is 13.4 Å². The zero-order chi connectivity index (χ0) is 15.3. The molecule has 0 bridgehead atoms. The van der Waals surface area contributed by atoms with Crippen LogP contribution in [0.1, 0.15) is 16.9 Å². The molecule has 1 aromatic carbocycles. The maximum atomic E-state index is 12.2. The van der Waals surface area contributed by atoms with Crippen molar-refractivity contribution < 1.29 is 13.5 Å². The van der Waals surface area contributed by atoms with Crippen LogP contribution in [0, 0.1) is 18.8 Å². The molecular weight excluding hydrogens is 308 g/mol. The van der Waals surface area contributed by atoms with E-state index >= 15 is 0 Å². The van der Waals surface area contributed by atoms with Crippen molar-refractivity contribution in [3.05, 3.63) is 40.9 Å². The number of sulfonamides is 1. The van der Waals surface area contributed by atoms with E-state index < -0.39 is 10.0 Å². The Bertz CT molecular complexity index is 786. The van der Waals surface area contributed by atoms with Crippen molar-refractivity contribution >= 4 is 26.5 Å². The Morgan fingerprint density at radius 3 is 2.95 bits per heavy atom. The van der Waals surface area contributed by atoms with Crippen LogP contribution < -0.4 is 4.72 Å². The number of anilines is 1. The molecule has 0 spiro atoms. The Hall–Kier alpha value is -1.88. The van der Waals surface area contributed by atoms with Gasteiger partial charge in [-0.1, -0.05) is 35.3 Å². The van der Waals surface area contributed by atoms with Crippen LogP contribution >= 0.6 is 11.3 Å². The van der Waals surface area contributed by atoms with E-state index in [1.807, 2.05) is 13.0 Å². The van der Waals surface area contributed by atoms with Gasteiger partial charge in [0.05, 0.1) is 22.6 Å². The van der Waals surface area contributed by atoms with Gasteiger partial charge in [0.2, 0.25) is 0 Å². The van der Waals surface area contributed by atoms with Crippen molar-refractivity contribution in [1.82, 2.24) is 4.98 Å². The van der Waals surface area contributed by atoms with Crippen LogP contribution in [0.25, 0.3) is 0 Å². The predicted molar refractivity (Wildman–Crippen MR) is 82.7 cm³/mol. The molecule has 0 aliphatic heterocycles. The fourth-order valence-corrected chi connectivity index (χ4v) is 3.58. The fourth-order valence-electron chi connectivity index (χ4n) is 1.54. The highest BCUT2D eigenvalue weighted by Gasteiger charge is 2.15. The van der Waals surface area contributed by atoms with Gasteiger partial charge in [-0.2, -0.15) is 0 Å². The van der Waals surface area contributed by atoms with E-state index in [1.165, 1.54) is 12.3 Å². The van der Waals surface area contributed by atoms with Crippen LogP contribution in [0.5, 0.6) is 0 Å². The Labute approximate surface area is 127 Å². The van der Waals surface area contributed by atoms with Gasteiger partial charge in [0.25, 0.3) is 10.0 Å². The van der Waals surface area contributed by atoms with E-state index in [0.29, 0.717) is 11.3 Å². The second-order valence-electron chi connectivity index (χ2n) is 4.23. The predicted octanol–water partition coefficient (Wildman–Crippen LogP) is 1.99. The number of aromatic nitrogens is 1. The summed E-state index contributed by atoms with van der Waals surface area (Å²) in [6, 6.07) is 6.65. The fraction of sp³-hybridized carbons (Fsp3) is 0.214. The lowest BCUT2D eigenvalue weighted by molar-refractivity contribution is 0.305. The number of nitrogens with zero attached hydrogens (tertiary/aromatic N) is 1. The van der Waals surface area contributed by atoms with Crippen molar-refractivity contribution in [2.24, 2.45) is 0 Å². The number of thiazole rings is 1. The molecule has 110 valence electrons. The van der Waals surface area contributed by atoms with Gasteiger partial charge in [0.15, 0.2) is 5.13 Å². The molecule has 0 aliphatic rings. The monoisotopic (exact) mass is 322 g/mol. The lowest BCUT2D eigenvalue weighted by Crippen LogP contribution is -2.12. The van der Waals surface area contributed by atoms with Gasteiger partial charge >= 0.3 is 0 Å². The first-order valence-electron chi connectivity index (χ1n) is 6.16. The summed E-state index contributed by atoms with van der Waals surface area (Å²) >= 11 is 1.15. The molecular formula is C14H14N2O3S2. The summed E-state index contributed by atoms with van der Waals surface area (Å²) in [6.45, 7) is 1.83. The van der Waals surface area contributed by atoms with Crippen LogP contribution in [0.3, 0.4) is 0 Å². The minimum atomic E-state index is -3.64. The summed E-state index contributed by atoms with van der Waals surface area (Å²) in [4.78, 5) is 4.83. The van der Waals surface area contributed by atoms with Crippen LogP contribution in [0.4, 0.5) is 5.13 Å². The maximum Gasteiger partial charge on any atom is 0.263 e. The van der Waals surface area contributed by atoms with E-state index in [-0.39, 0.29) is 16.6 Å². The van der Waals surface area contributed by atoms with Crippen LogP contribution in [0.2, 0.25) is 0 Å². The van der Waals surface area contributed by atoms with Crippen LogP contribution in [0.15, 0.2) is 35.4 Å². The largest absolute Gasteiger partial charge is 0.395 e. The molecule has 0 fully saturated rings. The summed E-state index contributed by atoms with van der Waals surface area (Å²) in [5, 5.41) is 8.91. The highest BCUT2D eigenvalue weighted by Crippen LogP contribution is 2.21. The quantitative estimate of drug-likeness (QED) is 0.844. The minimum absolute atomic E-state index is 0.00134. The molecule has 1 aromatic heterocycles. The molecule has 0 amide bonds. The molecule has 1 heterocycles. The molecule has 0 unspecified atom stereocenters. The molecule has 2 rings (SSSR count). The average Bonchev–Trinajstić information content (AvgIpc) is 2.86. The van der Waals surface area contributed by atoms with Crippen molar-refractivity contribution in [2.45, 2.75) is 18.2 Å². The van der Waals surface area contributed by atoms with E-state index in [0.717, 1.165) is 16.9 Å². The Balaban J connectivity index is 2.16. The smallest absolute Gasteiger partial charge is 0.263 e. The highest BCUT2D eigenvalue weighted by atomic mass is 32.2. The number of hydrogen-bond acceptors (Lipinski definition) is 5. The molecule has 0 aliphatic carbocycles. The summed E-state index contributed by atoms with van der Waals surface area (Å²) in [6.07, 6.45) is 1.88. The van der Waals surface area contributed by atoms with Crippen LogP contribution in [-0.2, 0) is 10.0 Å². The van der Waals surface area contributed by atoms with Gasteiger partial charge in [-0.15, -0.1) is 0 Å². The lowest BCUT2D eigenvalue weighted by atomic mass is 10.2. The average molecular weight is 322 g/mol. The third-order valence-corrected chi connectivity index (χ3v) is 4.77. The van der Waals surface area contributed by atoms with Crippen molar-refractivity contribution in [3.63, 3.8) is 0 Å². The summed E-state index contributed by atoms with van der Waals surface area (Å²) in [5.41, 5.74) is 0.868. The second kappa shape index (κ2) is 6.72. The molecule has 0 radical (unpaired) electrons. The van der Waals surface area contributed by atoms with Crippen molar-refractivity contribution in [2.75, 3.05) is 11.3 Å². The second-order valence-corrected chi connectivity index (χ2v) is 6.94. The first kappa shape index (κ1) is 15.5. The van der Waals surface area contributed by atoms with E-state index in [9.17, 15) is 8.42 Å². The third-order valence-electron chi connectivity index (χ3n) is 2.48. The summed E-state index contributed by atoms with van der Waals surface area (Å²) in [7, 11) is -3.64. The summed E-state index contributed by atoms with van der Waals surface area (Å²) < 4.78 is 26.9. The molecule has 0 saturated heterocycles. The topological polar surface area (TPSA) is 79.3 Å². The number of aryl methyl sites for hydroxylation is 1. The first-order chi connectivity index (χ1) is 10.0. The SMILES string of the molecule is Cc1cccc(S(=O)(=O)Nc2ncc(C#CCCO)s2)c1. The van der Waals surface area contributed by atoms with E-state index in [2.05, 4.69) is 21.5 Å². The van der Waals surface area contributed by atoms with Gasteiger partial charge in [-0.3, -0.25) is 4.72 Å². The standard InChI is InChI=1S/C14H14N2O3S2/c1-11-5-4-7-13(9-11)21(18,19)16-14-15-10-12(20-14)6-2-3-8-17/h4-5,7,9-10,17H,3,8H2,1H3,(H,15,16). The van der Waals surface area contributed by atoms with Crippen molar-refractivity contribution in [3.8, 4) is 11.8 Å². The lowest BCUT2D eigenvalue weighted by Gasteiger charge is -2.05. The highest BCUT2D eigenvalue weighted by molar-refractivity contribution is 7.93. The number of nitrogens with one attached hydrogen (secondary N) is 1. The zero-order valence-electron chi connectivity index (χ0n) is 11.3. The van der Waals surface area contributed by atoms with Crippen LogP contribution in [-0.4, -0.2) is 25.1 Å². The number of aliphatic hydroxyl groups is 1. The van der Waals surface area contributed by atoms with E-state index in [1.54, 1.807) is 12.1 Å². The Morgan fingerprint density at radius 2 is 2.24 bits per heavy atom. The molecule has 5 nitrogen and oxygen atoms in total. The zero-order valence-corrected chi connectivity index (χ0v) is 13.0. The molecule has 0 atom stereocenters. The van der Waals surface area contributed by atoms with Gasteiger partial charge in [0.1, 0.15) is 0 Å².